The van der Waals surface area contributed by atoms with E-state index in [0.717, 1.165) is 56.9 Å². The average Bonchev–Trinajstić information content (AvgIpc) is 3.21. The second-order valence-corrected chi connectivity index (χ2v) is 12.3. The molecule has 4 N–H and O–H groups in total. The van der Waals surface area contributed by atoms with Gasteiger partial charge in [0, 0.05) is 18.3 Å². The lowest BCUT2D eigenvalue weighted by molar-refractivity contribution is -0.141. The number of hydrogen-bond acceptors (Lipinski definition) is 7. The molecule has 0 bridgehead atoms. The number of aromatic nitrogens is 1. The average molecular weight is 576 g/mol. The van der Waals surface area contributed by atoms with Gasteiger partial charge in [0.1, 0.15) is 24.3 Å². The molecular formula is C31H37N5O6. The lowest BCUT2D eigenvalue weighted by Crippen LogP contribution is -2.60. The first-order chi connectivity index (χ1) is 20.3. The molecule has 1 aliphatic heterocycles. The van der Waals surface area contributed by atoms with Gasteiger partial charge >= 0.3 is 12.1 Å². The number of ether oxygens (including phenoxy) is 2. The van der Waals surface area contributed by atoms with E-state index in [9.17, 15) is 19.2 Å². The second kappa shape index (κ2) is 11.6. The first-order valence-corrected chi connectivity index (χ1v) is 14.8. The summed E-state index contributed by atoms with van der Waals surface area (Å²) >= 11 is 0. The van der Waals surface area contributed by atoms with Gasteiger partial charge in [-0.1, -0.05) is 30.3 Å². The molecule has 1 spiro atoms. The van der Waals surface area contributed by atoms with Crippen molar-refractivity contribution in [3.8, 4) is 5.88 Å². The number of nitrogens with zero attached hydrogens (tertiary/aromatic N) is 2. The first kappa shape index (κ1) is 28.0. The molecular weight excluding hydrogens is 538 g/mol. The standard InChI is InChI=1S/C31H37N5O6/c32-26(37)24-7-4-12-33-27(24)42-23-16-31(17-23)14-22(15-31)36-28(38)25(35-29(36)39)13-19-8-10-21(11-9-19)34-30(40)41-18-20-5-2-1-3-6-20/h1-7,12,19,21-23,25H,8-11,13-18H2,(H2,32,37)(H,34,40)(H,35,39). The maximum atomic E-state index is 13.2. The molecule has 11 nitrogen and oxygen atoms in total. The van der Waals surface area contributed by atoms with Crippen molar-refractivity contribution in [3.05, 3.63) is 59.8 Å². The van der Waals surface area contributed by atoms with Gasteiger partial charge in [0.15, 0.2) is 0 Å². The Balaban J connectivity index is 0.911. The highest BCUT2D eigenvalue weighted by atomic mass is 16.5. The van der Waals surface area contributed by atoms with E-state index in [0.29, 0.717) is 12.3 Å². The summed E-state index contributed by atoms with van der Waals surface area (Å²) in [7, 11) is 0. The van der Waals surface area contributed by atoms with Gasteiger partial charge in [0.05, 0.1) is 0 Å². The zero-order valence-electron chi connectivity index (χ0n) is 23.5. The molecule has 11 heteroatoms. The minimum Gasteiger partial charge on any atom is -0.474 e. The number of hydrogen-bond donors (Lipinski definition) is 3. The highest BCUT2D eigenvalue weighted by Gasteiger charge is 2.58. The summed E-state index contributed by atoms with van der Waals surface area (Å²) in [5, 5.41) is 5.88. The minimum absolute atomic E-state index is 0.0522. The monoisotopic (exact) mass is 575 g/mol. The Kier molecular flexibility index (Phi) is 7.74. The first-order valence-electron chi connectivity index (χ1n) is 14.8. The van der Waals surface area contributed by atoms with Gasteiger partial charge in [-0.25, -0.2) is 14.6 Å². The van der Waals surface area contributed by atoms with Crippen LogP contribution in [0.5, 0.6) is 5.88 Å². The fourth-order valence-electron chi connectivity index (χ4n) is 7.14. The molecule has 2 aromatic rings. The number of alkyl carbamates (subject to hydrolysis) is 1. The lowest BCUT2D eigenvalue weighted by atomic mass is 9.52. The van der Waals surface area contributed by atoms with E-state index in [1.54, 1.807) is 18.3 Å². The van der Waals surface area contributed by atoms with Gasteiger partial charge in [-0.3, -0.25) is 14.5 Å². The zero-order chi connectivity index (χ0) is 29.3. The Morgan fingerprint density at radius 2 is 1.76 bits per heavy atom. The number of nitrogens with two attached hydrogens (primary N) is 1. The van der Waals surface area contributed by atoms with Crippen LogP contribution >= 0.6 is 0 Å². The normalized spacial score (nSPS) is 30.2. The molecule has 5 amide bonds. The van der Waals surface area contributed by atoms with E-state index in [2.05, 4.69) is 15.6 Å². The summed E-state index contributed by atoms with van der Waals surface area (Å²) in [6.07, 6.45) is 8.22. The van der Waals surface area contributed by atoms with Crippen LogP contribution in [-0.2, 0) is 16.1 Å². The van der Waals surface area contributed by atoms with Crippen molar-refractivity contribution >= 4 is 23.9 Å². The fourth-order valence-corrected chi connectivity index (χ4v) is 7.14. The van der Waals surface area contributed by atoms with Gasteiger partial charge in [0.2, 0.25) is 5.88 Å². The summed E-state index contributed by atoms with van der Waals surface area (Å²) in [6.45, 7) is 0.238. The highest BCUT2D eigenvalue weighted by Crippen LogP contribution is 2.58. The Hall–Kier alpha value is -4.15. The maximum absolute atomic E-state index is 13.2. The predicted octanol–water partition coefficient (Wildman–Crippen LogP) is 3.67. The molecule has 222 valence electrons. The molecule has 4 fully saturated rings. The van der Waals surface area contributed by atoms with Gasteiger partial charge < -0.3 is 25.8 Å². The van der Waals surface area contributed by atoms with Gasteiger partial charge in [-0.2, -0.15) is 0 Å². The Bertz CT molecular complexity index is 1330. The van der Waals surface area contributed by atoms with E-state index >= 15 is 0 Å². The van der Waals surface area contributed by atoms with Crippen LogP contribution in [0.15, 0.2) is 48.7 Å². The van der Waals surface area contributed by atoms with Gasteiger partial charge in [0.25, 0.3) is 11.8 Å². The van der Waals surface area contributed by atoms with Crippen LogP contribution in [0.3, 0.4) is 0 Å². The number of carbonyl (C=O) groups is 4. The fraction of sp³-hybridized carbons (Fsp3) is 0.516. The number of urea groups is 1. The van der Waals surface area contributed by atoms with Crippen LogP contribution in [0.1, 0.15) is 73.7 Å². The smallest absolute Gasteiger partial charge is 0.407 e. The number of benzene rings is 1. The largest absolute Gasteiger partial charge is 0.474 e. The van der Waals surface area contributed by atoms with Gasteiger partial charge in [-0.05, 0) is 86.8 Å². The number of imide groups is 1. The third-order valence-corrected chi connectivity index (χ3v) is 9.34. The maximum Gasteiger partial charge on any atom is 0.407 e. The molecule has 1 aromatic carbocycles. The van der Waals surface area contributed by atoms with Crippen LogP contribution in [-0.4, -0.2) is 58.1 Å². The van der Waals surface area contributed by atoms with Gasteiger partial charge in [-0.15, -0.1) is 0 Å². The van der Waals surface area contributed by atoms with Crippen LogP contribution in [0.4, 0.5) is 9.59 Å². The van der Waals surface area contributed by atoms with Crippen molar-refractivity contribution in [2.45, 2.75) is 88.6 Å². The van der Waals surface area contributed by atoms with Crippen molar-refractivity contribution in [2.24, 2.45) is 17.1 Å². The predicted molar refractivity (Wildman–Crippen MR) is 151 cm³/mol. The summed E-state index contributed by atoms with van der Waals surface area (Å²) in [5.41, 5.74) is 6.69. The summed E-state index contributed by atoms with van der Waals surface area (Å²) in [4.78, 5) is 55.5. The van der Waals surface area contributed by atoms with E-state index in [1.165, 1.54) is 4.90 Å². The third-order valence-electron chi connectivity index (χ3n) is 9.34. The summed E-state index contributed by atoms with van der Waals surface area (Å²) < 4.78 is 11.3. The van der Waals surface area contributed by atoms with Crippen molar-refractivity contribution in [1.29, 1.82) is 0 Å². The number of rotatable bonds is 9. The van der Waals surface area contributed by atoms with Crippen molar-refractivity contribution in [2.75, 3.05) is 0 Å². The Morgan fingerprint density at radius 1 is 1.02 bits per heavy atom. The third kappa shape index (κ3) is 5.91. The molecule has 1 saturated heterocycles. The number of primary amides is 1. The summed E-state index contributed by atoms with van der Waals surface area (Å²) in [5.74, 6) is -0.138. The lowest BCUT2D eigenvalue weighted by Gasteiger charge is -2.58. The van der Waals surface area contributed by atoms with Crippen LogP contribution in [0.2, 0.25) is 0 Å². The molecule has 0 radical (unpaired) electrons. The van der Waals surface area contributed by atoms with E-state index < -0.39 is 18.0 Å². The highest BCUT2D eigenvalue weighted by molar-refractivity contribution is 6.04. The Morgan fingerprint density at radius 3 is 2.48 bits per heavy atom. The van der Waals surface area contributed by atoms with E-state index in [1.807, 2.05) is 30.3 Å². The number of amides is 5. The topological polar surface area (TPSA) is 153 Å². The van der Waals surface area contributed by atoms with Crippen molar-refractivity contribution < 1.29 is 28.7 Å². The molecule has 4 aliphatic rings. The number of pyridine rings is 1. The van der Waals surface area contributed by atoms with Crippen molar-refractivity contribution in [1.82, 2.24) is 20.5 Å². The molecule has 6 rings (SSSR count). The zero-order valence-corrected chi connectivity index (χ0v) is 23.5. The summed E-state index contributed by atoms with van der Waals surface area (Å²) in [6, 6.07) is 12.0. The van der Waals surface area contributed by atoms with E-state index in [4.69, 9.17) is 15.2 Å². The minimum atomic E-state index is -0.576. The quantitative estimate of drug-likeness (QED) is 0.386. The van der Waals surface area contributed by atoms with Crippen molar-refractivity contribution in [3.63, 3.8) is 0 Å². The van der Waals surface area contributed by atoms with E-state index in [-0.39, 0.29) is 53.6 Å². The van der Waals surface area contributed by atoms with Crippen LogP contribution in [0, 0.1) is 11.3 Å². The molecule has 1 aromatic heterocycles. The van der Waals surface area contributed by atoms with Crippen LogP contribution < -0.4 is 21.1 Å². The number of carbonyl (C=O) groups excluding carboxylic acids is 4. The molecule has 2 heterocycles. The number of nitrogens with one attached hydrogen (secondary N) is 2. The SMILES string of the molecule is NC(=O)c1cccnc1OC1CC2(C1)CC(N1C(=O)NC(CC3CCC(NC(=O)OCc4ccccc4)CC3)C1=O)C2. The molecule has 3 saturated carbocycles. The molecule has 1 unspecified atom stereocenters. The molecule has 42 heavy (non-hydrogen) atoms. The second-order valence-electron chi connectivity index (χ2n) is 12.3. The molecule has 3 aliphatic carbocycles. The molecule has 1 atom stereocenters. The van der Waals surface area contributed by atoms with Crippen LogP contribution in [0.25, 0.3) is 0 Å². The Labute approximate surface area is 244 Å².